The van der Waals surface area contributed by atoms with E-state index < -0.39 is 20.5 Å². The van der Waals surface area contributed by atoms with Crippen molar-refractivity contribution in [2.24, 2.45) is 0 Å². The van der Waals surface area contributed by atoms with Gasteiger partial charge < -0.3 is 10.1 Å². The van der Waals surface area contributed by atoms with Crippen LogP contribution in [0, 0.1) is 0 Å². The van der Waals surface area contributed by atoms with Crippen LogP contribution in [0.15, 0.2) is 53.4 Å². The van der Waals surface area contributed by atoms with Gasteiger partial charge in [-0.05, 0) is 36.4 Å². The largest absolute Gasteiger partial charge is 0.497 e. The number of hydrogen-bond donors (Lipinski definition) is 1. The zero-order chi connectivity index (χ0) is 20.7. The van der Waals surface area contributed by atoms with Gasteiger partial charge in [-0.3, -0.25) is 9.69 Å². The molecule has 0 bridgehead atoms. The molecule has 0 aromatic heterocycles. The first-order chi connectivity index (χ1) is 13.3. The quantitative estimate of drug-likeness (QED) is 0.685. The maximum atomic E-state index is 12.6. The van der Waals surface area contributed by atoms with E-state index in [-0.39, 0.29) is 12.5 Å². The Morgan fingerprint density at radius 1 is 1.18 bits per heavy atom. The number of amides is 1. The summed E-state index contributed by atoms with van der Waals surface area (Å²) in [6.45, 7) is 2.94. The van der Waals surface area contributed by atoms with Crippen LogP contribution in [0.3, 0.4) is 0 Å². The Balaban J connectivity index is 1.99. The summed E-state index contributed by atoms with van der Waals surface area (Å²) in [4.78, 5) is 13.7. The van der Waals surface area contributed by atoms with Gasteiger partial charge in [0.2, 0.25) is 15.7 Å². The minimum absolute atomic E-state index is 0.116. The van der Waals surface area contributed by atoms with Gasteiger partial charge in [0.15, 0.2) is 0 Å². The van der Waals surface area contributed by atoms with E-state index in [0.717, 1.165) is 12.1 Å². The molecule has 0 spiro atoms. The van der Waals surface area contributed by atoms with Crippen LogP contribution in [-0.4, -0.2) is 45.2 Å². The number of sulfone groups is 1. The highest BCUT2D eigenvalue weighted by Gasteiger charge is 2.26. The van der Waals surface area contributed by atoms with Crippen molar-refractivity contribution >= 4 is 21.4 Å². The maximum absolute atomic E-state index is 12.6. The molecule has 0 radical (unpaired) electrons. The predicted molar refractivity (Wildman–Crippen MR) is 102 cm³/mol. The van der Waals surface area contributed by atoms with Gasteiger partial charge in [-0.2, -0.15) is 8.78 Å². The number of likely N-dealkylation sites (N-methyl/N-ethyl adjacent to an activating group) is 1. The number of nitrogens with zero attached hydrogens (tertiary/aromatic N) is 1. The number of methoxy groups -OCH3 is 1. The van der Waals surface area contributed by atoms with Crippen LogP contribution in [0.5, 0.6) is 5.75 Å². The van der Waals surface area contributed by atoms with Gasteiger partial charge in [0, 0.05) is 18.3 Å². The molecule has 2 rings (SSSR count). The number of nitrogens with one attached hydrogen (secondary N) is 1. The molecule has 0 atom stereocenters. The van der Waals surface area contributed by atoms with E-state index in [4.69, 9.17) is 4.74 Å². The molecule has 1 amide bonds. The number of ether oxygens (including phenoxy) is 1. The number of anilines is 1. The summed E-state index contributed by atoms with van der Waals surface area (Å²) in [6.07, 6.45) is 0. The van der Waals surface area contributed by atoms with Crippen LogP contribution in [0.2, 0.25) is 0 Å². The summed E-state index contributed by atoms with van der Waals surface area (Å²) >= 11 is 0. The van der Waals surface area contributed by atoms with E-state index in [1.54, 1.807) is 24.3 Å². The number of hydrogen-bond acceptors (Lipinski definition) is 5. The fourth-order valence-electron chi connectivity index (χ4n) is 2.53. The molecule has 9 heteroatoms. The van der Waals surface area contributed by atoms with E-state index in [1.165, 1.54) is 19.2 Å². The second-order valence-corrected chi connectivity index (χ2v) is 7.95. The van der Waals surface area contributed by atoms with Crippen LogP contribution in [0.4, 0.5) is 14.5 Å². The number of carbonyl (C=O) groups excluding carboxylic acids is 1. The minimum atomic E-state index is -4.61. The Hall–Kier alpha value is -2.52. The molecule has 0 unspecified atom stereocenters. The van der Waals surface area contributed by atoms with Crippen molar-refractivity contribution < 1.29 is 26.7 Å². The molecular weight excluding hydrogens is 390 g/mol. The fraction of sp³-hybridized carbons (Fsp3) is 0.316. The van der Waals surface area contributed by atoms with Crippen molar-refractivity contribution in [2.45, 2.75) is 24.1 Å². The summed E-state index contributed by atoms with van der Waals surface area (Å²) in [5.74, 6) is -3.04. The lowest BCUT2D eigenvalue weighted by atomic mass is 10.2. The molecule has 1 N–H and O–H groups in total. The second kappa shape index (κ2) is 9.61. The molecule has 0 saturated heterocycles. The lowest BCUT2D eigenvalue weighted by Crippen LogP contribution is -2.32. The highest BCUT2D eigenvalue weighted by Crippen LogP contribution is 2.19. The second-order valence-electron chi connectivity index (χ2n) is 6.03. The average molecular weight is 412 g/mol. The molecule has 0 fully saturated rings. The molecule has 2 aromatic carbocycles. The topological polar surface area (TPSA) is 75.7 Å². The smallest absolute Gasteiger partial charge is 0.341 e. The first-order valence-corrected chi connectivity index (χ1v) is 10.1. The molecule has 6 nitrogen and oxygen atoms in total. The maximum Gasteiger partial charge on any atom is 0.341 e. The SMILES string of the molecule is CCN(CC(=O)Nc1cccc(OC)c1)Cc1ccc(S(=O)(=O)C(F)F)cc1. The summed E-state index contributed by atoms with van der Waals surface area (Å²) in [6, 6.07) is 12.2. The van der Waals surface area contributed by atoms with Crippen LogP contribution >= 0.6 is 0 Å². The summed E-state index contributed by atoms with van der Waals surface area (Å²) in [7, 11) is -3.07. The van der Waals surface area contributed by atoms with Gasteiger partial charge in [-0.1, -0.05) is 25.1 Å². The number of alkyl halides is 2. The Morgan fingerprint density at radius 2 is 1.86 bits per heavy atom. The molecule has 28 heavy (non-hydrogen) atoms. The van der Waals surface area contributed by atoms with Gasteiger partial charge in [-0.25, -0.2) is 8.42 Å². The first kappa shape index (κ1) is 21.8. The van der Waals surface area contributed by atoms with Crippen LogP contribution in [0.25, 0.3) is 0 Å². The fourth-order valence-corrected chi connectivity index (χ4v) is 3.25. The van der Waals surface area contributed by atoms with Gasteiger partial charge in [-0.15, -0.1) is 0 Å². The van der Waals surface area contributed by atoms with Crippen molar-refractivity contribution in [1.29, 1.82) is 0 Å². The average Bonchev–Trinajstić information content (AvgIpc) is 2.67. The van der Waals surface area contributed by atoms with Crippen molar-refractivity contribution in [2.75, 3.05) is 25.5 Å². The molecule has 0 saturated carbocycles. The third-order valence-corrected chi connectivity index (χ3v) is 5.46. The third-order valence-electron chi connectivity index (χ3n) is 4.06. The Kier molecular flexibility index (Phi) is 7.47. The van der Waals surface area contributed by atoms with Crippen LogP contribution in [0.1, 0.15) is 12.5 Å². The van der Waals surface area contributed by atoms with Crippen LogP contribution < -0.4 is 10.1 Å². The van der Waals surface area contributed by atoms with E-state index in [9.17, 15) is 22.0 Å². The third kappa shape index (κ3) is 5.74. The molecule has 152 valence electrons. The first-order valence-electron chi connectivity index (χ1n) is 8.53. The van der Waals surface area contributed by atoms with Gasteiger partial charge in [0.25, 0.3) is 0 Å². The van der Waals surface area contributed by atoms with E-state index in [0.29, 0.717) is 30.1 Å². The molecule has 0 aliphatic carbocycles. The Bertz CT molecular complexity index is 902. The van der Waals surface area contributed by atoms with Gasteiger partial charge in [0.1, 0.15) is 5.75 Å². The molecular formula is C19H22F2N2O4S. The Labute approximate surface area is 163 Å². The predicted octanol–water partition coefficient (Wildman–Crippen LogP) is 3.15. The number of benzene rings is 2. The number of carbonyl (C=O) groups is 1. The standard InChI is InChI=1S/C19H22F2N2O4S/c1-3-23(13-18(24)22-15-5-4-6-16(11-15)27-2)12-14-7-9-17(10-8-14)28(25,26)19(20)21/h4-11,19H,3,12-13H2,1-2H3,(H,22,24). The molecule has 0 heterocycles. The van der Waals surface area contributed by atoms with E-state index in [2.05, 4.69) is 5.32 Å². The summed E-state index contributed by atoms with van der Waals surface area (Å²) in [5.41, 5.74) is 1.33. The van der Waals surface area contributed by atoms with Crippen molar-refractivity contribution in [1.82, 2.24) is 4.90 Å². The van der Waals surface area contributed by atoms with E-state index in [1.807, 2.05) is 11.8 Å². The highest BCUT2D eigenvalue weighted by molar-refractivity contribution is 7.91. The summed E-state index contributed by atoms with van der Waals surface area (Å²) in [5, 5.41) is 2.79. The molecule has 0 aliphatic rings. The summed E-state index contributed by atoms with van der Waals surface area (Å²) < 4.78 is 53.2. The lowest BCUT2D eigenvalue weighted by molar-refractivity contribution is -0.117. The normalized spacial score (nSPS) is 11.6. The number of halogens is 2. The lowest BCUT2D eigenvalue weighted by Gasteiger charge is -2.20. The van der Waals surface area contributed by atoms with Gasteiger partial charge in [0.05, 0.1) is 18.6 Å². The monoisotopic (exact) mass is 412 g/mol. The van der Waals surface area contributed by atoms with Crippen molar-refractivity contribution in [3.63, 3.8) is 0 Å². The highest BCUT2D eigenvalue weighted by atomic mass is 32.2. The van der Waals surface area contributed by atoms with Crippen LogP contribution in [-0.2, 0) is 21.2 Å². The minimum Gasteiger partial charge on any atom is -0.497 e. The zero-order valence-corrected chi connectivity index (χ0v) is 16.4. The van der Waals surface area contributed by atoms with E-state index >= 15 is 0 Å². The van der Waals surface area contributed by atoms with Gasteiger partial charge >= 0.3 is 5.76 Å². The Morgan fingerprint density at radius 3 is 2.43 bits per heavy atom. The van der Waals surface area contributed by atoms with Crippen molar-refractivity contribution in [3.8, 4) is 5.75 Å². The molecule has 0 aliphatic heterocycles. The zero-order valence-electron chi connectivity index (χ0n) is 15.6. The molecule has 2 aromatic rings. The number of rotatable bonds is 9. The van der Waals surface area contributed by atoms with Crippen molar-refractivity contribution in [3.05, 3.63) is 54.1 Å².